The van der Waals surface area contributed by atoms with E-state index < -0.39 is 30.1 Å². The molecule has 0 bridgehead atoms. The van der Waals surface area contributed by atoms with Crippen LogP contribution in [0.5, 0.6) is 0 Å². The highest BCUT2D eigenvalue weighted by Gasteiger charge is 2.74. The number of ether oxygens (including phenoxy) is 1. The second kappa shape index (κ2) is 6.30. The summed E-state index contributed by atoms with van der Waals surface area (Å²) in [7, 11) is 0. The monoisotopic (exact) mass is 482 g/mol. The zero-order chi connectivity index (χ0) is 17.7. The van der Waals surface area contributed by atoms with E-state index in [-0.39, 0.29) is 0 Å². The summed E-state index contributed by atoms with van der Waals surface area (Å²) in [5, 5.41) is 0. The fourth-order valence-corrected chi connectivity index (χ4v) is 2.68. The summed E-state index contributed by atoms with van der Waals surface area (Å²) in [6.07, 6.45) is 0. The normalized spacial score (nSPS) is 16.3. The van der Waals surface area contributed by atoms with Crippen molar-refractivity contribution in [3.8, 4) is 0 Å². The maximum Gasteiger partial charge on any atom is 0.366 e. The van der Waals surface area contributed by atoms with E-state index in [4.69, 9.17) is 46.4 Å². The molecule has 0 spiro atoms. The lowest BCUT2D eigenvalue weighted by molar-refractivity contribution is -0.221. The van der Waals surface area contributed by atoms with E-state index in [2.05, 4.69) is 51.1 Å². The molecule has 0 radical (unpaired) electrons. The molecule has 128 valence electrons. The van der Waals surface area contributed by atoms with Crippen LogP contribution in [0.4, 0.5) is 26.3 Å². The first-order valence-corrected chi connectivity index (χ1v) is 7.08. The van der Waals surface area contributed by atoms with E-state index in [1.54, 1.807) is 0 Å². The molecule has 0 aliphatic heterocycles. The third kappa shape index (κ3) is 4.48. The lowest BCUT2D eigenvalue weighted by atomic mass is 10.3. The van der Waals surface area contributed by atoms with E-state index in [0.717, 1.165) is 0 Å². The Labute approximate surface area is 153 Å². The Hall–Kier alpha value is 1.86. The molecule has 0 aromatic rings. The Morgan fingerprint density at radius 3 is 0.810 bits per heavy atom. The van der Waals surface area contributed by atoms with Crippen LogP contribution in [0.1, 0.15) is 0 Å². The van der Waals surface area contributed by atoms with Crippen molar-refractivity contribution in [3.63, 3.8) is 0 Å². The van der Waals surface area contributed by atoms with Gasteiger partial charge in [0.2, 0.25) is 0 Å². The van der Waals surface area contributed by atoms with Crippen molar-refractivity contribution < 1.29 is 31.1 Å². The first-order valence-electron chi connectivity index (χ1n) is 4.05. The highest BCUT2D eigenvalue weighted by atomic mass is 35.5. The van der Waals surface area contributed by atoms with Gasteiger partial charge in [-0.1, -0.05) is 92.8 Å². The molecule has 0 aromatic carbocycles. The van der Waals surface area contributed by atoms with Crippen molar-refractivity contribution in [1.29, 1.82) is 0 Å². The van der Waals surface area contributed by atoms with Crippen LogP contribution in [-0.2, 0) is 4.74 Å². The number of hydrogen-bond donors (Lipinski definition) is 0. The topological polar surface area (TPSA) is 9.23 Å². The molecule has 0 atom stereocenters. The predicted molar refractivity (Wildman–Crippen MR) is 70.9 cm³/mol. The number of halogens is 14. The Morgan fingerprint density at radius 1 is 0.476 bits per heavy atom. The van der Waals surface area contributed by atoms with Crippen LogP contribution in [0.25, 0.3) is 0 Å². The molecule has 0 saturated heterocycles. The molecule has 21 heavy (non-hydrogen) atoms. The summed E-state index contributed by atoms with van der Waals surface area (Å²) in [5.74, 6) is -10.5. The molecule has 0 heterocycles. The van der Waals surface area contributed by atoms with Gasteiger partial charge < -0.3 is 0 Å². The lowest BCUT2D eigenvalue weighted by Gasteiger charge is -2.39. The fraction of sp³-hybridized carbons (Fsp3) is 1.00. The number of hydrogen-bond acceptors (Lipinski definition) is 1. The maximum atomic E-state index is 13.4. The fourth-order valence-electron chi connectivity index (χ4n) is 0.619. The van der Waals surface area contributed by atoms with E-state index in [9.17, 15) is 26.3 Å². The quantitative estimate of drug-likeness (QED) is 0.299. The third-order valence-corrected chi connectivity index (χ3v) is 3.91. The first kappa shape index (κ1) is 22.9. The molecule has 0 N–H and O–H groups in total. The van der Waals surface area contributed by atoms with Crippen molar-refractivity contribution in [3.05, 3.63) is 0 Å². The molecular formula is C6Cl8F6O. The van der Waals surface area contributed by atoms with Gasteiger partial charge in [0.25, 0.3) is 9.04 Å². The molecule has 15 heteroatoms. The molecule has 0 unspecified atom stereocenters. The zero-order valence-corrected chi connectivity index (χ0v) is 14.7. The average molecular weight is 486 g/mol. The average Bonchev–Trinajstić information content (AvgIpc) is 2.11. The van der Waals surface area contributed by atoms with Gasteiger partial charge in [0, 0.05) is 0 Å². The summed E-state index contributed by atoms with van der Waals surface area (Å²) in [5.41, 5.74) is 0. The molecule has 0 rings (SSSR count). The second-order valence-corrected chi connectivity index (χ2v) is 8.27. The van der Waals surface area contributed by atoms with Crippen LogP contribution in [-0.4, -0.2) is 30.1 Å². The van der Waals surface area contributed by atoms with Crippen molar-refractivity contribution in [2.45, 2.75) is 30.1 Å². The van der Waals surface area contributed by atoms with Crippen molar-refractivity contribution in [1.82, 2.24) is 0 Å². The molecule has 0 fully saturated rings. The van der Waals surface area contributed by atoms with Crippen LogP contribution in [0.3, 0.4) is 0 Å². The summed E-state index contributed by atoms with van der Waals surface area (Å²) in [6.45, 7) is 0. The highest BCUT2D eigenvalue weighted by Crippen LogP contribution is 2.59. The van der Waals surface area contributed by atoms with E-state index in [0.29, 0.717) is 0 Å². The van der Waals surface area contributed by atoms with Gasteiger partial charge in [-0.25, -0.2) is 8.78 Å². The minimum absolute atomic E-state index is 3.55. The Kier molecular flexibility index (Phi) is 6.86. The standard InChI is InChI=1S/C6Cl8F6O/c7-3(8,19)1(15,16)5(11,12)21-6(13,14)2(17,18)4(9,10)20. The lowest BCUT2D eigenvalue weighted by Crippen LogP contribution is -2.59. The molecule has 0 aromatic heterocycles. The Bertz CT molecular complexity index is 352. The molecule has 0 aliphatic rings. The van der Waals surface area contributed by atoms with Gasteiger partial charge in [-0.15, -0.1) is 0 Å². The minimum Gasteiger partial charge on any atom is -0.300 e. The first-order chi connectivity index (χ1) is 8.71. The predicted octanol–water partition coefficient (Wildman–Crippen LogP) is 6.74. The minimum atomic E-state index is -5.26. The van der Waals surface area contributed by atoms with Gasteiger partial charge >= 0.3 is 21.0 Å². The van der Waals surface area contributed by atoms with Crippen molar-refractivity contribution in [2.24, 2.45) is 0 Å². The summed E-state index contributed by atoms with van der Waals surface area (Å²) in [6, 6.07) is 0. The van der Waals surface area contributed by atoms with E-state index in [1.165, 1.54) is 0 Å². The van der Waals surface area contributed by atoms with E-state index in [1.807, 2.05) is 0 Å². The molecule has 0 saturated carbocycles. The van der Waals surface area contributed by atoms with Gasteiger partial charge in [-0.3, -0.25) is 4.74 Å². The molecule has 1 nitrogen and oxygen atoms in total. The van der Waals surface area contributed by atoms with Crippen molar-refractivity contribution in [2.75, 3.05) is 0 Å². The van der Waals surface area contributed by atoms with Gasteiger partial charge in [0.15, 0.2) is 0 Å². The smallest absolute Gasteiger partial charge is 0.300 e. The number of rotatable bonds is 6. The summed E-state index contributed by atoms with van der Waals surface area (Å²) in [4.78, 5) is 0. The third-order valence-electron chi connectivity index (χ3n) is 1.70. The maximum absolute atomic E-state index is 13.4. The SMILES string of the molecule is FC(Cl)(Cl)C(F)(F)C(Cl)(Cl)OC(Cl)(Cl)C(F)(F)C(F)(Cl)Cl. The number of alkyl halides is 14. The van der Waals surface area contributed by atoms with Gasteiger partial charge in [-0.2, -0.15) is 17.6 Å². The van der Waals surface area contributed by atoms with Crippen molar-refractivity contribution >= 4 is 92.8 Å². The van der Waals surface area contributed by atoms with E-state index >= 15 is 0 Å². The van der Waals surface area contributed by atoms with Gasteiger partial charge in [-0.05, 0) is 0 Å². The van der Waals surface area contributed by atoms with Crippen LogP contribution < -0.4 is 0 Å². The van der Waals surface area contributed by atoms with Gasteiger partial charge in [0.05, 0.1) is 0 Å². The Balaban J connectivity index is 5.65. The van der Waals surface area contributed by atoms with Crippen LogP contribution in [0, 0.1) is 0 Å². The summed E-state index contributed by atoms with van der Waals surface area (Å²) >= 11 is 37.1. The largest absolute Gasteiger partial charge is 0.366 e. The Morgan fingerprint density at radius 2 is 0.667 bits per heavy atom. The molecular weight excluding hydrogens is 486 g/mol. The van der Waals surface area contributed by atoms with Gasteiger partial charge in [0.1, 0.15) is 0 Å². The summed E-state index contributed by atoms with van der Waals surface area (Å²) < 4.78 is 65.3. The van der Waals surface area contributed by atoms with Crippen LogP contribution in [0.15, 0.2) is 0 Å². The van der Waals surface area contributed by atoms with Crippen LogP contribution in [0.2, 0.25) is 0 Å². The van der Waals surface area contributed by atoms with Crippen LogP contribution >= 0.6 is 92.8 Å². The molecule has 0 amide bonds. The molecule has 0 aliphatic carbocycles. The zero-order valence-electron chi connectivity index (χ0n) is 8.70. The second-order valence-electron chi connectivity index (χ2n) is 3.28. The highest BCUT2D eigenvalue weighted by molar-refractivity contribution is 6.55.